The number of hydrogen-bond donors (Lipinski definition) is 1. The summed E-state index contributed by atoms with van der Waals surface area (Å²) in [5, 5.41) is 0.235. The lowest BCUT2D eigenvalue weighted by atomic mass is 10.0. The van der Waals surface area contributed by atoms with Crippen LogP contribution in [0, 0.1) is 0 Å². The fourth-order valence-corrected chi connectivity index (χ4v) is 5.34. The molecule has 1 aromatic rings. The van der Waals surface area contributed by atoms with E-state index in [1.165, 1.54) is 16.4 Å². The Morgan fingerprint density at radius 2 is 2.00 bits per heavy atom. The number of rotatable bonds is 4. The summed E-state index contributed by atoms with van der Waals surface area (Å²) >= 11 is 12.1. The average Bonchev–Trinajstić information content (AvgIpc) is 2.46. The van der Waals surface area contributed by atoms with Crippen LogP contribution < -0.4 is 5.73 Å². The van der Waals surface area contributed by atoms with Gasteiger partial charge in [-0.1, -0.05) is 29.3 Å². The lowest BCUT2D eigenvalue weighted by Crippen LogP contribution is -2.51. The number of benzene rings is 1. The first kappa shape index (κ1) is 17.0. The molecule has 0 spiro atoms. The van der Waals surface area contributed by atoms with E-state index < -0.39 is 10.0 Å². The predicted molar refractivity (Wildman–Crippen MR) is 83.2 cm³/mol. The van der Waals surface area contributed by atoms with E-state index in [2.05, 4.69) is 0 Å². The zero-order valence-electron chi connectivity index (χ0n) is 11.6. The molecule has 8 heteroatoms. The zero-order valence-corrected chi connectivity index (χ0v) is 14.0. The topological polar surface area (TPSA) is 72.6 Å². The Balaban J connectivity index is 2.39. The summed E-state index contributed by atoms with van der Waals surface area (Å²) < 4.78 is 32.4. The molecule has 2 unspecified atom stereocenters. The van der Waals surface area contributed by atoms with E-state index in [-0.39, 0.29) is 33.6 Å². The highest BCUT2D eigenvalue weighted by molar-refractivity contribution is 7.89. The number of nitrogens with two attached hydrogens (primary N) is 1. The number of nitrogens with zero attached hydrogens (tertiary/aromatic N) is 1. The van der Waals surface area contributed by atoms with Crippen LogP contribution in [0.15, 0.2) is 23.1 Å². The largest absolute Gasteiger partial charge is 0.381 e. The van der Waals surface area contributed by atoms with Gasteiger partial charge < -0.3 is 10.5 Å². The fraction of sp³-hybridized carbons (Fsp3) is 0.538. The Hall–Kier alpha value is -0.370. The standard InChI is InChI=1S/C13H18Cl2N2O3S/c1-20-10-5-6-17(9(7-10)8-16)21(18,19)13-11(14)3-2-4-12(13)15/h2-4,9-10H,5-8,16H2,1H3. The third-order valence-corrected chi connectivity index (χ3v) is 6.61. The minimum absolute atomic E-state index is 0.0201. The minimum Gasteiger partial charge on any atom is -0.381 e. The van der Waals surface area contributed by atoms with Crippen molar-refractivity contribution in [1.82, 2.24) is 4.31 Å². The van der Waals surface area contributed by atoms with Crippen molar-refractivity contribution in [1.29, 1.82) is 0 Å². The second-order valence-corrected chi connectivity index (χ2v) is 7.58. The van der Waals surface area contributed by atoms with Gasteiger partial charge in [-0.05, 0) is 25.0 Å². The third-order valence-electron chi connectivity index (χ3n) is 3.70. The molecule has 1 aliphatic heterocycles. The highest BCUT2D eigenvalue weighted by atomic mass is 35.5. The van der Waals surface area contributed by atoms with Gasteiger partial charge in [0.1, 0.15) is 4.90 Å². The highest BCUT2D eigenvalue weighted by Gasteiger charge is 2.38. The van der Waals surface area contributed by atoms with Crippen molar-refractivity contribution >= 4 is 33.2 Å². The molecular formula is C13H18Cl2N2O3S. The van der Waals surface area contributed by atoms with Crippen LogP contribution in [0.2, 0.25) is 10.0 Å². The zero-order chi connectivity index (χ0) is 15.6. The number of methoxy groups -OCH3 is 1. The number of piperidine rings is 1. The molecule has 2 atom stereocenters. The van der Waals surface area contributed by atoms with Crippen molar-refractivity contribution < 1.29 is 13.2 Å². The second kappa shape index (κ2) is 6.81. The molecule has 0 amide bonds. The van der Waals surface area contributed by atoms with E-state index in [0.29, 0.717) is 19.4 Å². The van der Waals surface area contributed by atoms with Crippen LogP contribution in [0.25, 0.3) is 0 Å². The molecule has 1 saturated heterocycles. The monoisotopic (exact) mass is 352 g/mol. The van der Waals surface area contributed by atoms with Gasteiger partial charge in [0.05, 0.1) is 16.1 Å². The third kappa shape index (κ3) is 3.36. The molecule has 2 N–H and O–H groups in total. The summed E-state index contributed by atoms with van der Waals surface area (Å²) in [4.78, 5) is -0.0531. The normalized spacial score (nSPS) is 24.2. The second-order valence-electron chi connectivity index (χ2n) is 4.94. The van der Waals surface area contributed by atoms with Crippen LogP contribution in [0.3, 0.4) is 0 Å². The number of sulfonamides is 1. The summed E-state index contributed by atoms with van der Waals surface area (Å²) in [7, 11) is -2.16. The van der Waals surface area contributed by atoms with Gasteiger partial charge in [-0.15, -0.1) is 0 Å². The maximum absolute atomic E-state index is 12.9. The Labute approximate surface area is 135 Å². The smallest absolute Gasteiger partial charge is 0.246 e. The highest BCUT2D eigenvalue weighted by Crippen LogP contribution is 2.34. The van der Waals surface area contributed by atoms with Crippen molar-refractivity contribution in [2.24, 2.45) is 5.73 Å². The van der Waals surface area contributed by atoms with Gasteiger partial charge in [0.15, 0.2) is 0 Å². The molecular weight excluding hydrogens is 335 g/mol. The van der Waals surface area contributed by atoms with Gasteiger partial charge >= 0.3 is 0 Å². The lowest BCUT2D eigenvalue weighted by Gasteiger charge is -2.37. The van der Waals surface area contributed by atoms with Crippen molar-refractivity contribution in [3.63, 3.8) is 0 Å². The molecule has 21 heavy (non-hydrogen) atoms. The van der Waals surface area contributed by atoms with Gasteiger partial charge in [0.2, 0.25) is 10.0 Å². The Morgan fingerprint density at radius 3 is 2.52 bits per heavy atom. The Kier molecular flexibility index (Phi) is 5.51. The van der Waals surface area contributed by atoms with E-state index in [4.69, 9.17) is 33.7 Å². The van der Waals surface area contributed by atoms with Crippen molar-refractivity contribution in [2.45, 2.75) is 29.9 Å². The molecule has 5 nitrogen and oxygen atoms in total. The maximum Gasteiger partial charge on any atom is 0.246 e. The van der Waals surface area contributed by atoms with Gasteiger partial charge in [-0.25, -0.2) is 8.42 Å². The summed E-state index contributed by atoms with van der Waals surface area (Å²) in [6.45, 7) is 0.561. The summed E-state index contributed by atoms with van der Waals surface area (Å²) in [6.07, 6.45) is 1.20. The molecule has 1 heterocycles. The average molecular weight is 353 g/mol. The van der Waals surface area contributed by atoms with Crippen LogP contribution in [0.4, 0.5) is 0 Å². The van der Waals surface area contributed by atoms with Crippen LogP contribution >= 0.6 is 23.2 Å². The fourth-order valence-electron chi connectivity index (χ4n) is 2.58. The van der Waals surface area contributed by atoms with Crippen molar-refractivity contribution in [2.75, 3.05) is 20.2 Å². The molecule has 0 radical (unpaired) electrons. The Morgan fingerprint density at radius 1 is 1.38 bits per heavy atom. The van der Waals surface area contributed by atoms with Crippen LogP contribution in [-0.2, 0) is 14.8 Å². The van der Waals surface area contributed by atoms with E-state index in [1.54, 1.807) is 13.2 Å². The number of hydrogen-bond acceptors (Lipinski definition) is 4. The first-order valence-electron chi connectivity index (χ1n) is 6.60. The molecule has 118 valence electrons. The van der Waals surface area contributed by atoms with E-state index in [9.17, 15) is 8.42 Å². The lowest BCUT2D eigenvalue weighted by molar-refractivity contribution is 0.0401. The number of halogens is 2. The van der Waals surface area contributed by atoms with Gasteiger partial charge in [0, 0.05) is 26.2 Å². The molecule has 1 aromatic carbocycles. The molecule has 0 saturated carbocycles. The minimum atomic E-state index is -3.78. The maximum atomic E-state index is 12.9. The van der Waals surface area contributed by atoms with Crippen LogP contribution in [-0.4, -0.2) is 45.1 Å². The SMILES string of the molecule is COC1CCN(S(=O)(=O)c2c(Cl)cccc2Cl)C(CN)C1. The molecule has 1 fully saturated rings. The van der Waals surface area contributed by atoms with Gasteiger partial charge in [-0.3, -0.25) is 0 Å². The van der Waals surface area contributed by atoms with Gasteiger partial charge in [-0.2, -0.15) is 4.31 Å². The molecule has 1 aliphatic rings. The molecule has 0 aliphatic carbocycles. The van der Waals surface area contributed by atoms with Crippen molar-refractivity contribution in [3.8, 4) is 0 Å². The van der Waals surface area contributed by atoms with Crippen LogP contribution in [0.5, 0.6) is 0 Å². The summed E-state index contributed by atoms with van der Waals surface area (Å²) in [6, 6.07) is 4.32. The summed E-state index contributed by atoms with van der Waals surface area (Å²) in [5.41, 5.74) is 5.73. The van der Waals surface area contributed by atoms with E-state index in [1.807, 2.05) is 0 Å². The molecule has 0 aromatic heterocycles. The molecule has 2 rings (SSSR count). The van der Waals surface area contributed by atoms with Crippen LogP contribution in [0.1, 0.15) is 12.8 Å². The first-order chi connectivity index (χ1) is 9.91. The first-order valence-corrected chi connectivity index (χ1v) is 8.80. The quantitative estimate of drug-likeness (QED) is 0.900. The van der Waals surface area contributed by atoms with Crippen molar-refractivity contribution in [3.05, 3.63) is 28.2 Å². The molecule has 0 bridgehead atoms. The van der Waals surface area contributed by atoms with E-state index >= 15 is 0 Å². The van der Waals surface area contributed by atoms with E-state index in [0.717, 1.165) is 0 Å². The van der Waals surface area contributed by atoms with Gasteiger partial charge in [0.25, 0.3) is 0 Å². The number of ether oxygens (including phenoxy) is 1. The summed E-state index contributed by atoms with van der Waals surface area (Å²) in [5.74, 6) is 0. The predicted octanol–water partition coefficient (Wildman–Crippen LogP) is 2.12. The Bertz CT molecular complexity index is 589.